The second kappa shape index (κ2) is 6.84. The average Bonchev–Trinajstić information content (AvgIpc) is 2.66. The van der Waals surface area contributed by atoms with Gasteiger partial charge in [-0.05, 0) is 49.9 Å². The van der Waals surface area contributed by atoms with Crippen LogP contribution >= 0.6 is 0 Å². The summed E-state index contributed by atoms with van der Waals surface area (Å²) < 4.78 is 28.3. The van der Waals surface area contributed by atoms with Gasteiger partial charge in [-0.25, -0.2) is 13.1 Å². The maximum Gasteiger partial charge on any atom is 0.240 e. The molecular formula is C18H26N2O3S. The highest BCUT2D eigenvalue weighted by Crippen LogP contribution is 2.34. The lowest BCUT2D eigenvalue weighted by Crippen LogP contribution is -2.34. The van der Waals surface area contributed by atoms with E-state index >= 15 is 0 Å². The van der Waals surface area contributed by atoms with Crippen LogP contribution in [0.4, 0.5) is 5.69 Å². The predicted molar refractivity (Wildman–Crippen MR) is 94.6 cm³/mol. The number of hydrogen-bond donors (Lipinski definition) is 1. The molecule has 2 aliphatic rings. The monoisotopic (exact) mass is 350 g/mol. The first-order valence-electron chi connectivity index (χ1n) is 8.83. The maximum atomic E-state index is 12.7. The van der Waals surface area contributed by atoms with Gasteiger partial charge >= 0.3 is 0 Å². The molecule has 0 spiro atoms. The van der Waals surface area contributed by atoms with Crippen molar-refractivity contribution in [2.45, 2.75) is 75.8 Å². The van der Waals surface area contributed by atoms with E-state index in [2.05, 4.69) is 4.72 Å². The minimum atomic E-state index is -3.51. The van der Waals surface area contributed by atoms with Gasteiger partial charge < -0.3 is 4.90 Å². The number of fused-ring (bicyclic) bond motifs is 1. The van der Waals surface area contributed by atoms with Gasteiger partial charge in [-0.3, -0.25) is 4.79 Å². The van der Waals surface area contributed by atoms with E-state index in [4.69, 9.17) is 0 Å². The number of benzene rings is 1. The topological polar surface area (TPSA) is 66.5 Å². The summed E-state index contributed by atoms with van der Waals surface area (Å²) in [6.07, 6.45) is 7.08. The average molecular weight is 350 g/mol. The number of hydrogen-bond acceptors (Lipinski definition) is 3. The molecule has 1 heterocycles. The van der Waals surface area contributed by atoms with Gasteiger partial charge in [0.05, 0.1) is 4.90 Å². The van der Waals surface area contributed by atoms with Crippen LogP contribution in [0.2, 0.25) is 0 Å². The van der Waals surface area contributed by atoms with Crippen LogP contribution in [0, 0.1) is 0 Å². The van der Waals surface area contributed by atoms with Gasteiger partial charge in [0, 0.05) is 24.7 Å². The van der Waals surface area contributed by atoms with Crippen LogP contribution in [0.3, 0.4) is 0 Å². The van der Waals surface area contributed by atoms with Crippen molar-refractivity contribution in [3.8, 4) is 0 Å². The molecule has 1 aliphatic carbocycles. The third-order valence-electron chi connectivity index (χ3n) is 5.09. The Hall–Kier alpha value is -1.40. The molecule has 1 fully saturated rings. The van der Waals surface area contributed by atoms with Crippen LogP contribution in [0.15, 0.2) is 23.1 Å². The first-order chi connectivity index (χ1) is 11.4. The lowest BCUT2D eigenvalue weighted by atomic mass is 10.1. The number of sulfonamides is 1. The molecule has 3 rings (SSSR count). The number of anilines is 1. The van der Waals surface area contributed by atoms with Crippen LogP contribution in [0.25, 0.3) is 0 Å². The summed E-state index contributed by atoms with van der Waals surface area (Å²) in [7, 11) is -3.51. The zero-order valence-corrected chi connectivity index (χ0v) is 15.2. The van der Waals surface area contributed by atoms with Crippen molar-refractivity contribution >= 4 is 21.6 Å². The fourth-order valence-electron chi connectivity index (χ4n) is 3.94. The van der Waals surface area contributed by atoms with E-state index in [0.29, 0.717) is 11.3 Å². The van der Waals surface area contributed by atoms with E-state index in [-0.39, 0.29) is 18.0 Å². The normalized spacial score (nSPS) is 22.2. The Morgan fingerprint density at radius 3 is 2.46 bits per heavy atom. The largest absolute Gasteiger partial charge is 0.309 e. The van der Waals surface area contributed by atoms with E-state index in [9.17, 15) is 13.2 Å². The fourth-order valence-corrected chi connectivity index (χ4v) is 5.29. The number of nitrogens with one attached hydrogen (secondary N) is 1. The summed E-state index contributed by atoms with van der Waals surface area (Å²) in [5.41, 5.74) is 1.77. The van der Waals surface area contributed by atoms with E-state index in [1.807, 2.05) is 6.92 Å². The Kier molecular flexibility index (Phi) is 4.97. The van der Waals surface area contributed by atoms with Crippen LogP contribution in [-0.4, -0.2) is 26.4 Å². The molecule has 1 aromatic carbocycles. The molecule has 24 heavy (non-hydrogen) atoms. The summed E-state index contributed by atoms with van der Waals surface area (Å²) in [5.74, 6) is -0.00608. The fraction of sp³-hybridized carbons (Fsp3) is 0.611. The quantitative estimate of drug-likeness (QED) is 0.852. The number of rotatable bonds is 3. The molecule has 1 amide bonds. The first kappa shape index (κ1) is 17.4. The Bertz CT molecular complexity index is 722. The van der Waals surface area contributed by atoms with Crippen molar-refractivity contribution < 1.29 is 13.2 Å². The summed E-state index contributed by atoms with van der Waals surface area (Å²) >= 11 is 0. The summed E-state index contributed by atoms with van der Waals surface area (Å²) in [4.78, 5) is 13.8. The maximum absolute atomic E-state index is 12.7. The van der Waals surface area contributed by atoms with Gasteiger partial charge in [0.15, 0.2) is 0 Å². The van der Waals surface area contributed by atoms with E-state index in [1.54, 1.807) is 30.0 Å². The molecule has 0 aromatic heterocycles. The zero-order chi connectivity index (χ0) is 17.3. The lowest BCUT2D eigenvalue weighted by Gasteiger charge is -2.21. The Labute approximate surface area is 144 Å². The third kappa shape index (κ3) is 3.49. The molecule has 1 aromatic rings. The molecule has 1 N–H and O–H groups in total. The van der Waals surface area contributed by atoms with E-state index in [1.165, 1.54) is 12.8 Å². The van der Waals surface area contributed by atoms with Crippen LogP contribution in [-0.2, 0) is 21.2 Å². The molecule has 1 aliphatic heterocycles. The van der Waals surface area contributed by atoms with Crippen molar-refractivity contribution in [2.24, 2.45) is 0 Å². The highest BCUT2D eigenvalue weighted by molar-refractivity contribution is 7.89. The van der Waals surface area contributed by atoms with Gasteiger partial charge in [0.1, 0.15) is 0 Å². The zero-order valence-electron chi connectivity index (χ0n) is 14.4. The molecule has 6 heteroatoms. The standard InChI is InChI=1S/C18H26N2O3S/c1-13-11-15-12-17(9-10-18(15)20(13)14(2)21)24(22,23)19-16-7-5-3-4-6-8-16/h9-10,12-13,16,19H,3-8,11H2,1-2H3/t13-/m0/s1. The molecule has 0 saturated heterocycles. The smallest absolute Gasteiger partial charge is 0.240 e. The highest BCUT2D eigenvalue weighted by Gasteiger charge is 2.30. The van der Waals surface area contributed by atoms with Crippen molar-refractivity contribution in [1.29, 1.82) is 0 Å². The summed E-state index contributed by atoms with van der Waals surface area (Å²) in [6.45, 7) is 3.53. The van der Waals surface area contributed by atoms with Gasteiger partial charge in [-0.15, -0.1) is 0 Å². The summed E-state index contributed by atoms with van der Waals surface area (Å²) in [6, 6.07) is 5.23. The second-order valence-electron chi connectivity index (χ2n) is 7.04. The van der Waals surface area contributed by atoms with Crippen LogP contribution in [0.1, 0.15) is 57.9 Å². The molecule has 1 saturated carbocycles. The molecule has 132 valence electrons. The number of nitrogens with zero attached hydrogens (tertiary/aromatic N) is 1. The van der Waals surface area contributed by atoms with Crippen molar-refractivity contribution in [1.82, 2.24) is 4.72 Å². The van der Waals surface area contributed by atoms with Crippen molar-refractivity contribution in [2.75, 3.05) is 4.90 Å². The first-order valence-corrected chi connectivity index (χ1v) is 10.3. The second-order valence-corrected chi connectivity index (χ2v) is 8.76. The van der Waals surface area contributed by atoms with Gasteiger partial charge in [0.2, 0.25) is 15.9 Å². The lowest BCUT2D eigenvalue weighted by molar-refractivity contribution is -0.116. The molecular weight excluding hydrogens is 324 g/mol. The Balaban J connectivity index is 1.82. The van der Waals surface area contributed by atoms with Gasteiger partial charge in [-0.1, -0.05) is 25.7 Å². The minimum absolute atomic E-state index is 0.00608. The Morgan fingerprint density at radius 1 is 1.17 bits per heavy atom. The van der Waals surface area contributed by atoms with Gasteiger partial charge in [0.25, 0.3) is 0 Å². The third-order valence-corrected chi connectivity index (χ3v) is 6.61. The SMILES string of the molecule is CC(=O)N1c2ccc(S(=O)(=O)NC3CCCCCC3)cc2C[C@@H]1C. The van der Waals surface area contributed by atoms with Crippen LogP contribution in [0.5, 0.6) is 0 Å². The molecule has 0 unspecified atom stereocenters. The molecule has 1 atom stereocenters. The van der Waals surface area contributed by atoms with Crippen molar-refractivity contribution in [3.05, 3.63) is 23.8 Å². The van der Waals surface area contributed by atoms with E-state index < -0.39 is 10.0 Å². The van der Waals surface area contributed by atoms with E-state index in [0.717, 1.165) is 36.9 Å². The summed E-state index contributed by atoms with van der Waals surface area (Å²) in [5, 5.41) is 0. The minimum Gasteiger partial charge on any atom is -0.309 e. The van der Waals surface area contributed by atoms with Crippen LogP contribution < -0.4 is 9.62 Å². The predicted octanol–water partition coefficient (Wildman–Crippen LogP) is 2.99. The van der Waals surface area contributed by atoms with Crippen molar-refractivity contribution in [3.63, 3.8) is 0 Å². The number of carbonyl (C=O) groups is 1. The number of carbonyl (C=O) groups excluding carboxylic acids is 1. The molecule has 0 bridgehead atoms. The molecule has 5 nitrogen and oxygen atoms in total. The Morgan fingerprint density at radius 2 is 1.83 bits per heavy atom. The highest BCUT2D eigenvalue weighted by atomic mass is 32.2. The molecule has 0 radical (unpaired) electrons. The van der Waals surface area contributed by atoms with Gasteiger partial charge in [-0.2, -0.15) is 0 Å². The number of amides is 1.